The predicted octanol–water partition coefficient (Wildman–Crippen LogP) is 2.30. The Balaban J connectivity index is 3.35. The molecule has 4 nitrogen and oxygen atoms in total. The van der Waals surface area contributed by atoms with Crippen LogP contribution in [0.15, 0.2) is 18.2 Å². The summed E-state index contributed by atoms with van der Waals surface area (Å²) in [4.78, 5) is 20.5. The van der Waals surface area contributed by atoms with Crippen molar-refractivity contribution >= 4 is 27.9 Å². The Morgan fingerprint density at radius 2 is 2.23 bits per heavy atom. The molecular weight excluding hydrogens is 238 g/mol. The maximum Gasteiger partial charge on any atom is 0.280 e. The maximum atomic E-state index is 10.6. The van der Waals surface area contributed by atoms with E-state index in [-0.39, 0.29) is 11.3 Å². The second-order valence-corrected chi connectivity index (χ2v) is 2.92. The Hall–Kier alpha value is -1.23. The highest BCUT2D eigenvalue weighted by atomic mass is 79.9. The lowest BCUT2D eigenvalue weighted by Crippen LogP contribution is -1.97. The van der Waals surface area contributed by atoms with Gasteiger partial charge in [-0.15, -0.1) is 0 Å². The Labute approximate surface area is 82.8 Å². The number of alkyl halides is 1. The molecule has 0 aliphatic carbocycles. The Morgan fingerprint density at radius 1 is 1.54 bits per heavy atom. The van der Waals surface area contributed by atoms with Crippen molar-refractivity contribution < 1.29 is 9.72 Å². The van der Waals surface area contributed by atoms with Crippen LogP contribution in [-0.4, -0.2) is 11.2 Å². The highest BCUT2D eigenvalue weighted by Crippen LogP contribution is 2.21. The van der Waals surface area contributed by atoms with Gasteiger partial charge in [-0.05, 0) is 5.56 Å². The van der Waals surface area contributed by atoms with Crippen LogP contribution in [0.4, 0.5) is 5.69 Å². The summed E-state index contributed by atoms with van der Waals surface area (Å²) in [6, 6.07) is 4.54. The van der Waals surface area contributed by atoms with E-state index in [0.29, 0.717) is 17.2 Å². The second-order valence-electron chi connectivity index (χ2n) is 2.36. The van der Waals surface area contributed by atoms with Crippen LogP contribution in [0.1, 0.15) is 15.9 Å². The van der Waals surface area contributed by atoms with E-state index in [1.54, 1.807) is 12.1 Å². The fourth-order valence-electron chi connectivity index (χ4n) is 1.01. The molecule has 0 amide bonds. The molecule has 0 aliphatic heterocycles. The number of carbonyl (C=O) groups is 1. The molecular formula is C8H6BrNO3. The van der Waals surface area contributed by atoms with Crippen molar-refractivity contribution in [3.8, 4) is 0 Å². The molecule has 0 bridgehead atoms. The zero-order valence-electron chi connectivity index (χ0n) is 6.57. The molecule has 0 spiro atoms. The molecule has 0 aromatic heterocycles. The third-order valence-corrected chi connectivity index (χ3v) is 2.24. The van der Waals surface area contributed by atoms with Gasteiger partial charge in [0.2, 0.25) is 0 Å². The Bertz CT molecular complexity index is 351. The van der Waals surface area contributed by atoms with Crippen LogP contribution in [0.25, 0.3) is 0 Å². The third-order valence-electron chi connectivity index (χ3n) is 1.63. The topological polar surface area (TPSA) is 60.2 Å². The van der Waals surface area contributed by atoms with E-state index in [2.05, 4.69) is 15.9 Å². The molecule has 5 heteroatoms. The number of hydrogen-bond donors (Lipinski definition) is 0. The fraction of sp³-hybridized carbons (Fsp3) is 0.125. The Kier molecular flexibility index (Phi) is 3.13. The van der Waals surface area contributed by atoms with Crippen molar-refractivity contribution in [2.75, 3.05) is 0 Å². The van der Waals surface area contributed by atoms with Crippen LogP contribution in [-0.2, 0) is 5.33 Å². The lowest BCUT2D eigenvalue weighted by atomic mass is 10.1. The van der Waals surface area contributed by atoms with Crippen LogP contribution in [0, 0.1) is 10.1 Å². The van der Waals surface area contributed by atoms with E-state index in [1.165, 1.54) is 6.07 Å². The van der Waals surface area contributed by atoms with Gasteiger partial charge in [0.1, 0.15) is 0 Å². The van der Waals surface area contributed by atoms with Crippen molar-refractivity contribution in [3.05, 3.63) is 39.4 Å². The molecule has 0 saturated carbocycles. The average molecular weight is 244 g/mol. The van der Waals surface area contributed by atoms with Gasteiger partial charge in [0.15, 0.2) is 6.29 Å². The van der Waals surface area contributed by atoms with Crippen molar-refractivity contribution in [1.82, 2.24) is 0 Å². The molecule has 0 radical (unpaired) electrons. The summed E-state index contributed by atoms with van der Waals surface area (Å²) in [7, 11) is 0. The molecule has 1 aromatic rings. The number of rotatable bonds is 3. The van der Waals surface area contributed by atoms with E-state index in [4.69, 9.17) is 0 Å². The second kappa shape index (κ2) is 4.13. The first-order chi connectivity index (χ1) is 6.20. The maximum absolute atomic E-state index is 10.6. The van der Waals surface area contributed by atoms with Crippen LogP contribution in [0.5, 0.6) is 0 Å². The highest BCUT2D eigenvalue weighted by molar-refractivity contribution is 9.08. The SMILES string of the molecule is O=Cc1c(CBr)cccc1[N+](=O)[O-]. The minimum atomic E-state index is -0.560. The fourth-order valence-corrected chi connectivity index (χ4v) is 1.50. The first-order valence-corrected chi connectivity index (χ1v) is 4.60. The van der Waals surface area contributed by atoms with Gasteiger partial charge in [0.05, 0.1) is 10.5 Å². The first kappa shape index (κ1) is 9.85. The summed E-state index contributed by atoms with van der Waals surface area (Å²) in [5, 5.41) is 10.9. The van der Waals surface area contributed by atoms with E-state index in [1.807, 2.05) is 0 Å². The third kappa shape index (κ3) is 1.92. The largest absolute Gasteiger partial charge is 0.298 e. The van der Waals surface area contributed by atoms with Gasteiger partial charge in [-0.25, -0.2) is 0 Å². The van der Waals surface area contributed by atoms with Gasteiger partial charge in [0.25, 0.3) is 5.69 Å². The van der Waals surface area contributed by atoms with E-state index in [9.17, 15) is 14.9 Å². The van der Waals surface area contributed by atoms with Crippen molar-refractivity contribution in [2.24, 2.45) is 0 Å². The summed E-state index contributed by atoms with van der Waals surface area (Å²) in [5.74, 6) is 0. The summed E-state index contributed by atoms with van der Waals surface area (Å²) in [6.07, 6.45) is 0.509. The van der Waals surface area contributed by atoms with Gasteiger partial charge in [-0.2, -0.15) is 0 Å². The van der Waals surface area contributed by atoms with Gasteiger partial charge in [-0.1, -0.05) is 28.1 Å². The quantitative estimate of drug-likeness (QED) is 0.354. The summed E-state index contributed by atoms with van der Waals surface area (Å²) >= 11 is 3.15. The van der Waals surface area contributed by atoms with Crippen LogP contribution in [0.3, 0.4) is 0 Å². The summed E-state index contributed by atoms with van der Waals surface area (Å²) < 4.78 is 0. The molecule has 13 heavy (non-hydrogen) atoms. The van der Waals surface area contributed by atoms with Crippen LogP contribution in [0.2, 0.25) is 0 Å². The van der Waals surface area contributed by atoms with Gasteiger partial charge in [-0.3, -0.25) is 14.9 Å². The molecule has 0 unspecified atom stereocenters. The number of benzene rings is 1. The summed E-state index contributed by atoms with van der Waals surface area (Å²) in [6.45, 7) is 0. The molecule has 0 atom stereocenters. The number of halogens is 1. The standard InChI is InChI=1S/C8H6BrNO3/c9-4-6-2-1-3-8(10(12)13)7(6)5-11/h1-3,5H,4H2. The van der Waals surface area contributed by atoms with Gasteiger partial charge in [0, 0.05) is 11.4 Å². The van der Waals surface area contributed by atoms with Gasteiger partial charge < -0.3 is 0 Å². The van der Waals surface area contributed by atoms with Crippen LogP contribution < -0.4 is 0 Å². The number of aldehydes is 1. The average Bonchev–Trinajstić information content (AvgIpc) is 2.16. The van der Waals surface area contributed by atoms with Gasteiger partial charge >= 0.3 is 0 Å². The smallest absolute Gasteiger partial charge is 0.280 e. The minimum absolute atomic E-state index is 0.143. The molecule has 0 saturated heterocycles. The lowest BCUT2D eigenvalue weighted by molar-refractivity contribution is -0.385. The normalized spacial score (nSPS) is 9.62. The zero-order valence-corrected chi connectivity index (χ0v) is 8.15. The number of carbonyl (C=O) groups excluding carboxylic acids is 1. The van der Waals surface area contributed by atoms with E-state index < -0.39 is 4.92 Å². The lowest BCUT2D eigenvalue weighted by Gasteiger charge is -2.00. The van der Waals surface area contributed by atoms with Crippen molar-refractivity contribution in [3.63, 3.8) is 0 Å². The molecule has 1 aromatic carbocycles. The molecule has 0 fully saturated rings. The number of nitrogens with zero attached hydrogens (tertiary/aromatic N) is 1. The zero-order chi connectivity index (χ0) is 9.84. The predicted molar refractivity (Wildman–Crippen MR) is 51.1 cm³/mol. The number of hydrogen-bond acceptors (Lipinski definition) is 3. The molecule has 68 valence electrons. The molecule has 0 heterocycles. The monoisotopic (exact) mass is 243 g/mol. The molecule has 1 rings (SSSR count). The van der Waals surface area contributed by atoms with Crippen molar-refractivity contribution in [2.45, 2.75) is 5.33 Å². The molecule has 0 aliphatic rings. The van der Waals surface area contributed by atoms with Crippen LogP contribution >= 0.6 is 15.9 Å². The minimum Gasteiger partial charge on any atom is -0.298 e. The Morgan fingerprint density at radius 3 is 2.69 bits per heavy atom. The van der Waals surface area contributed by atoms with E-state index >= 15 is 0 Å². The number of nitro groups is 1. The summed E-state index contributed by atoms with van der Waals surface area (Å²) in [5.41, 5.74) is 0.625. The van der Waals surface area contributed by atoms with E-state index in [0.717, 1.165) is 0 Å². The van der Waals surface area contributed by atoms with Crippen molar-refractivity contribution in [1.29, 1.82) is 0 Å². The number of nitro benzene ring substituents is 1. The highest BCUT2D eigenvalue weighted by Gasteiger charge is 2.15. The molecule has 0 N–H and O–H groups in total. The first-order valence-electron chi connectivity index (χ1n) is 3.48.